The highest BCUT2D eigenvalue weighted by Crippen LogP contribution is 2.16. The molecule has 1 aliphatic rings. The fraction of sp³-hybridized carbons (Fsp3) is 0.360. The maximum Gasteiger partial charge on any atom is 0.253 e. The highest BCUT2D eigenvalue weighted by atomic mass is 32.1. The molecular formula is C25H30N4O2S. The Hall–Kier alpha value is -2.74. The second-order valence-electron chi connectivity index (χ2n) is 8.39. The van der Waals surface area contributed by atoms with Crippen LogP contribution in [-0.2, 0) is 11.3 Å². The van der Waals surface area contributed by atoms with Crippen LogP contribution in [0.5, 0.6) is 0 Å². The zero-order valence-corrected chi connectivity index (χ0v) is 19.5. The number of benzene rings is 2. The number of thiocarbonyl (C=S) groups is 1. The minimum Gasteiger partial charge on any atom is -0.379 e. The summed E-state index contributed by atoms with van der Waals surface area (Å²) in [6, 6.07) is 16.2. The standard InChI is InChI=1S/C25H30N4O2S/c1-18-4-3-5-22(15-18)26-25(32)29(9-8-28-10-12-31-13-11-28)17-21-16-20-14-19(2)6-7-23(20)27-24(21)30/h3-7,14-16H,8-13,17H2,1-2H3,(H,26,32)(H,27,30). The molecule has 2 heterocycles. The highest BCUT2D eigenvalue weighted by Gasteiger charge is 2.17. The van der Waals surface area contributed by atoms with Crippen molar-refractivity contribution in [3.05, 3.63) is 75.6 Å². The van der Waals surface area contributed by atoms with Crippen molar-refractivity contribution in [1.29, 1.82) is 0 Å². The van der Waals surface area contributed by atoms with E-state index in [-0.39, 0.29) is 5.56 Å². The summed E-state index contributed by atoms with van der Waals surface area (Å²) in [6.07, 6.45) is 0. The Labute approximate surface area is 194 Å². The molecule has 4 rings (SSSR count). The van der Waals surface area contributed by atoms with E-state index in [1.165, 1.54) is 5.56 Å². The number of morpholine rings is 1. The number of rotatable bonds is 6. The number of anilines is 1. The molecule has 1 aliphatic heterocycles. The molecule has 1 fully saturated rings. The number of H-pyrrole nitrogens is 1. The predicted molar refractivity (Wildman–Crippen MR) is 134 cm³/mol. The fourth-order valence-corrected chi connectivity index (χ4v) is 4.23. The SMILES string of the molecule is Cc1cccc(NC(=S)N(CCN2CCOCC2)Cc2cc3cc(C)ccc3[nH]c2=O)c1. The van der Waals surface area contributed by atoms with Crippen molar-refractivity contribution in [2.45, 2.75) is 20.4 Å². The first-order chi connectivity index (χ1) is 15.5. The van der Waals surface area contributed by atoms with Gasteiger partial charge in [0.1, 0.15) is 0 Å². The number of aromatic nitrogens is 1. The number of aromatic amines is 1. The maximum absolute atomic E-state index is 12.8. The third-order valence-electron chi connectivity index (χ3n) is 5.78. The Kier molecular flexibility index (Phi) is 7.19. The van der Waals surface area contributed by atoms with Crippen molar-refractivity contribution >= 4 is 33.9 Å². The lowest BCUT2D eigenvalue weighted by Gasteiger charge is -2.31. The maximum atomic E-state index is 12.8. The molecule has 6 nitrogen and oxygen atoms in total. The molecule has 168 valence electrons. The largest absolute Gasteiger partial charge is 0.379 e. The second kappa shape index (κ2) is 10.3. The monoisotopic (exact) mass is 450 g/mol. The summed E-state index contributed by atoms with van der Waals surface area (Å²) < 4.78 is 5.47. The number of hydrogen-bond acceptors (Lipinski definition) is 4. The lowest BCUT2D eigenvalue weighted by Crippen LogP contribution is -2.44. The number of hydrogen-bond donors (Lipinski definition) is 2. The molecule has 0 bridgehead atoms. The van der Waals surface area contributed by atoms with E-state index >= 15 is 0 Å². The van der Waals surface area contributed by atoms with Crippen molar-refractivity contribution in [2.24, 2.45) is 0 Å². The van der Waals surface area contributed by atoms with E-state index < -0.39 is 0 Å². The number of fused-ring (bicyclic) bond motifs is 1. The van der Waals surface area contributed by atoms with Crippen LogP contribution < -0.4 is 10.9 Å². The van der Waals surface area contributed by atoms with E-state index in [2.05, 4.69) is 52.1 Å². The lowest BCUT2D eigenvalue weighted by molar-refractivity contribution is 0.0358. The van der Waals surface area contributed by atoms with E-state index in [1.54, 1.807) is 0 Å². The Morgan fingerprint density at radius 3 is 2.69 bits per heavy atom. The molecule has 0 atom stereocenters. The molecule has 3 aromatic rings. The molecule has 2 aromatic carbocycles. The van der Waals surface area contributed by atoms with Gasteiger partial charge in [-0.1, -0.05) is 23.8 Å². The van der Waals surface area contributed by atoms with Crippen LogP contribution in [0.4, 0.5) is 5.69 Å². The Morgan fingerprint density at radius 2 is 1.91 bits per heavy atom. The van der Waals surface area contributed by atoms with Crippen LogP contribution in [0.25, 0.3) is 10.9 Å². The number of nitrogens with one attached hydrogen (secondary N) is 2. The normalized spacial score (nSPS) is 14.4. The van der Waals surface area contributed by atoms with Gasteiger partial charge >= 0.3 is 0 Å². The summed E-state index contributed by atoms with van der Waals surface area (Å²) in [6.45, 7) is 9.50. The number of pyridine rings is 1. The summed E-state index contributed by atoms with van der Waals surface area (Å²) in [5.74, 6) is 0. The molecule has 32 heavy (non-hydrogen) atoms. The number of ether oxygens (including phenoxy) is 1. The average Bonchev–Trinajstić information content (AvgIpc) is 2.78. The topological polar surface area (TPSA) is 60.6 Å². The summed E-state index contributed by atoms with van der Waals surface area (Å²) >= 11 is 5.79. The van der Waals surface area contributed by atoms with Gasteiger partial charge < -0.3 is 19.9 Å². The third kappa shape index (κ3) is 5.73. The van der Waals surface area contributed by atoms with Crippen LogP contribution in [0.2, 0.25) is 0 Å². The smallest absolute Gasteiger partial charge is 0.253 e. The fourth-order valence-electron chi connectivity index (χ4n) is 3.96. The first-order valence-corrected chi connectivity index (χ1v) is 11.4. The first kappa shape index (κ1) is 22.5. The van der Waals surface area contributed by atoms with Gasteiger partial charge in [0.25, 0.3) is 5.56 Å². The molecule has 0 unspecified atom stereocenters. The summed E-state index contributed by atoms with van der Waals surface area (Å²) in [7, 11) is 0. The summed E-state index contributed by atoms with van der Waals surface area (Å²) in [4.78, 5) is 20.3. The molecule has 7 heteroatoms. The van der Waals surface area contributed by atoms with Gasteiger partial charge in [-0.25, -0.2) is 0 Å². The minimum atomic E-state index is -0.0731. The van der Waals surface area contributed by atoms with Gasteiger partial charge in [-0.3, -0.25) is 9.69 Å². The number of nitrogens with zero attached hydrogens (tertiary/aromatic N) is 2. The van der Waals surface area contributed by atoms with E-state index in [0.717, 1.165) is 61.5 Å². The van der Waals surface area contributed by atoms with E-state index in [1.807, 2.05) is 30.3 Å². The van der Waals surface area contributed by atoms with Crippen LogP contribution in [0, 0.1) is 13.8 Å². The van der Waals surface area contributed by atoms with Crippen LogP contribution in [-0.4, -0.2) is 59.3 Å². The van der Waals surface area contributed by atoms with Crippen molar-refractivity contribution < 1.29 is 4.74 Å². The first-order valence-electron chi connectivity index (χ1n) is 11.0. The Morgan fingerprint density at radius 1 is 1.12 bits per heavy atom. The highest BCUT2D eigenvalue weighted by molar-refractivity contribution is 7.80. The van der Waals surface area contributed by atoms with Crippen molar-refractivity contribution in [2.75, 3.05) is 44.7 Å². The van der Waals surface area contributed by atoms with Gasteiger partial charge in [-0.05, 0) is 67.3 Å². The summed E-state index contributed by atoms with van der Waals surface area (Å²) in [5.41, 5.74) is 4.77. The lowest BCUT2D eigenvalue weighted by atomic mass is 10.1. The van der Waals surface area contributed by atoms with Gasteiger partial charge in [0.2, 0.25) is 0 Å². The quantitative estimate of drug-likeness (QED) is 0.559. The van der Waals surface area contributed by atoms with Crippen LogP contribution in [0.3, 0.4) is 0 Å². The van der Waals surface area contributed by atoms with Gasteiger partial charge in [-0.2, -0.15) is 0 Å². The average molecular weight is 451 g/mol. The van der Waals surface area contributed by atoms with Crippen molar-refractivity contribution in [3.8, 4) is 0 Å². The van der Waals surface area contributed by atoms with Crippen LogP contribution in [0.1, 0.15) is 16.7 Å². The van der Waals surface area contributed by atoms with E-state index in [4.69, 9.17) is 17.0 Å². The molecule has 1 saturated heterocycles. The molecule has 0 aliphatic carbocycles. The third-order valence-corrected chi connectivity index (χ3v) is 6.14. The molecule has 0 amide bonds. The van der Waals surface area contributed by atoms with Crippen molar-refractivity contribution in [1.82, 2.24) is 14.8 Å². The Balaban J connectivity index is 1.56. The van der Waals surface area contributed by atoms with Crippen molar-refractivity contribution in [3.63, 3.8) is 0 Å². The predicted octanol–water partition coefficient (Wildman–Crippen LogP) is 3.68. The zero-order valence-electron chi connectivity index (χ0n) is 18.7. The molecule has 0 radical (unpaired) electrons. The van der Waals surface area contributed by atoms with E-state index in [9.17, 15) is 4.79 Å². The molecular weight excluding hydrogens is 420 g/mol. The Bertz CT molecular complexity index is 1150. The van der Waals surface area contributed by atoms with Gasteiger partial charge in [0.15, 0.2) is 5.11 Å². The molecule has 2 N–H and O–H groups in total. The number of aryl methyl sites for hydroxylation is 2. The van der Waals surface area contributed by atoms with Crippen LogP contribution >= 0.6 is 12.2 Å². The molecule has 0 spiro atoms. The van der Waals surface area contributed by atoms with Gasteiger partial charge in [0.05, 0.1) is 19.8 Å². The van der Waals surface area contributed by atoms with Gasteiger partial charge in [-0.15, -0.1) is 0 Å². The molecule has 0 saturated carbocycles. The molecule has 1 aromatic heterocycles. The van der Waals surface area contributed by atoms with E-state index in [0.29, 0.717) is 17.2 Å². The van der Waals surface area contributed by atoms with Crippen LogP contribution in [0.15, 0.2) is 53.3 Å². The zero-order chi connectivity index (χ0) is 22.5. The minimum absolute atomic E-state index is 0.0731. The summed E-state index contributed by atoms with van der Waals surface area (Å²) in [5, 5.41) is 5.01. The van der Waals surface area contributed by atoms with Gasteiger partial charge in [0, 0.05) is 42.9 Å². The second-order valence-corrected chi connectivity index (χ2v) is 8.78.